The van der Waals surface area contributed by atoms with Crippen LogP contribution in [0.15, 0.2) is 0 Å². The van der Waals surface area contributed by atoms with Crippen LogP contribution in [0.25, 0.3) is 0 Å². The van der Waals surface area contributed by atoms with Gasteiger partial charge in [-0.2, -0.15) is 0 Å². The predicted molar refractivity (Wildman–Crippen MR) is 54.0 cm³/mol. The topological polar surface area (TPSA) is 0 Å². The smallest absolute Gasteiger partial charge is 0.101 e. The minimum absolute atomic E-state index is 0.321. The minimum Gasteiger partial charge on any atom is -0.101 e. The molecule has 1 unspecified atom stereocenters. The highest BCUT2D eigenvalue weighted by Crippen LogP contribution is 2.94. The molecule has 1 atom stereocenters. The molecule has 4 rings (SSSR count). The van der Waals surface area contributed by atoms with Crippen molar-refractivity contribution in [3.8, 4) is 0 Å². The van der Waals surface area contributed by atoms with Crippen LogP contribution in [0, 0.1) is 22.7 Å². The molecule has 0 nitrogen and oxygen atoms in total. The van der Waals surface area contributed by atoms with E-state index in [0.29, 0.717) is 10.8 Å². The van der Waals surface area contributed by atoms with Crippen molar-refractivity contribution in [2.24, 2.45) is 22.7 Å². The molecule has 0 heterocycles. The van der Waals surface area contributed by atoms with Gasteiger partial charge in [0.25, 0.3) is 0 Å². The molecule has 4 aliphatic rings. The van der Waals surface area contributed by atoms with E-state index in [0.717, 1.165) is 18.3 Å². The number of alkyl halides is 2. The summed E-state index contributed by atoms with van der Waals surface area (Å²) < 4.78 is -0.321. The fraction of sp³-hybridized carbons (Fsp3) is 1.00. The summed E-state index contributed by atoms with van der Waals surface area (Å²) in [7, 11) is 0. The SMILES string of the molecule is ClC1(Cl)CC12CC2(C1CC1)C1CC1. The average Bonchev–Trinajstić information content (AvgIpc) is 2.84. The molecule has 0 bridgehead atoms. The zero-order chi connectivity index (χ0) is 8.90. The van der Waals surface area contributed by atoms with Gasteiger partial charge in [-0.3, -0.25) is 0 Å². The van der Waals surface area contributed by atoms with Crippen molar-refractivity contribution in [3.63, 3.8) is 0 Å². The van der Waals surface area contributed by atoms with Gasteiger partial charge in [0, 0.05) is 5.41 Å². The van der Waals surface area contributed by atoms with Crippen LogP contribution in [0.1, 0.15) is 38.5 Å². The van der Waals surface area contributed by atoms with Crippen molar-refractivity contribution in [2.45, 2.75) is 42.9 Å². The molecule has 0 aromatic carbocycles. The van der Waals surface area contributed by atoms with E-state index in [2.05, 4.69) is 0 Å². The molecule has 0 N–H and O–H groups in total. The standard InChI is InChI=1S/C11H14Cl2/c12-11(13)6-9(11)5-10(9,7-1-2-7)8-3-4-8/h7-8H,1-6H2. The van der Waals surface area contributed by atoms with Crippen LogP contribution < -0.4 is 0 Å². The number of rotatable bonds is 2. The number of hydrogen-bond donors (Lipinski definition) is 0. The lowest BCUT2D eigenvalue weighted by molar-refractivity contribution is 0.328. The molecule has 0 aliphatic heterocycles. The van der Waals surface area contributed by atoms with Crippen LogP contribution in [0.3, 0.4) is 0 Å². The van der Waals surface area contributed by atoms with Crippen molar-refractivity contribution >= 4 is 23.2 Å². The molecule has 4 aliphatic carbocycles. The monoisotopic (exact) mass is 216 g/mol. The van der Waals surface area contributed by atoms with E-state index in [-0.39, 0.29) is 4.33 Å². The second kappa shape index (κ2) is 1.80. The summed E-state index contributed by atoms with van der Waals surface area (Å²) in [4.78, 5) is 0. The van der Waals surface area contributed by atoms with E-state index in [9.17, 15) is 0 Å². The average molecular weight is 217 g/mol. The lowest BCUT2D eigenvalue weighted by Gasteiger charge is -2.15. The molecule has 13 heavy (non-hydrogen) atoms. The summed E-state index contributed by atoms with van der Waals surface area (Å²) in [6.07, 6.45) is 8.30. The molecule has 0 aromatic rings. The van der Waals surface area contributed by atoms with E-state index in [1.807, 2.05) is 0 Å². The Hall–Kier alpha value is 0.580. The van der Waals surface area contributed by atoms with Gasteiger partial charge in [-0.15, -0.1) is 23.2 Å². The summed E-state index contributed by atoms with van der Waals surface area (Å²) >= 11 is 12.6. The van der Waals surface area contributed by atoms with Gasteiger partial charge in [0.2, 0.25) is 0 Å². The van der Waals surface area contributed by atoms with Gasteiger partial charge in [0.05, 0.1) is 0 Å². The summed E-state index contributed by atoms with van der Waals surface area (Å²) in [6.45, 7) is 0. The Kier molecular flexibility index (Phi) is 1.08. The van der Waals surface area contributed by atoms with E-state index >= 15 is 0 Å². The highest BCUT2D eigenvalue weighted by molar-refractivity contribution is 6.52. The molecule has 4 fully saturated rings. The van der Waals surface area contributed by atoms with Gasteiger partial charge in [0.1, 0.15) is 4.33 Å². The van der Waals surface area contributed by atoms with Crippen LogP contribution in [0.5, 0.6) is 0 Å². The van der Waals surface area contributed by atoms with E-state index in [1.54, 1.807) is 0 Å². The minimum atomic E-state index is -0.321. The highest BCUT2D eigenvalue weighted by atomic mass is 35.5. The maximum absolute atomic E-state index is 6.29. The zero-order valence-corrected chi connectivity index (χ0v) is 9.17. The Morgan fingerprint density at radius 2 is 1.31 bits per heavy atom. The zero-order valence-electron chi connectivity index (χ0n) is 7.65. The van der Waals surface area contributed by atoms with E-state index < -0.39 is 0 Å². The lowest BCUT2D eigenvalue weighted by atomic mass is 9.90. The fourth-order valence-electron chi connectivity index (χ4n) is 4.09. The Bertz CT molecular complexity index is 276. The third-order valence-electron chi connectivity index (χ3n) is 5.07. The summed E-state index contributed by atoms with van der Waals surface area (Å²) in [6, 6.07) is 0. The molecule has 72 valence electrons. The Balaban J connectivity index is 1.71. The Morgan fingerprint density at radius 1 is 0.846 bits per heavy atom. The van der Waals surface area contributed by atoms with Crippen LogP contribution in [-0.4, -0.2) is 4.33 Å². The quantitative estimate of drug-likeness (QED) is 0.618. The molecule has 0 saturated heterocycles. The van der Waals surface area contributed by atoms with Crippen molar-refractivity contribution in [3.05, 3.63) is 0 Å². The number of halogens is 2. The van der Waals surface area contributed by atoms with Crippen LogP contribution in [0.2, 0.25) is 0 Å². The van der Waals surface area contributed by atoms with Gasteiger partial charge >= 0.3 is 0 Å². The molecular weight excluding hydrogens is 203 g/mol. The molecule has 1 spiro atoms. The first-order valence-electron chi connectivity index (χ1n) is 5.50. The largest absolute Gasteiger partial charge is 0.125 e. The first kappa shape index (κ1) is 7.82. The fourth-order valence-corrected chi connectivity index (χ4v) is 5.03. The Labute approximate surface area is 89.0 Å². The second-order valence-electron chi connectivity index (χ2n) is 5.73. The molecule has 0 amide bonds. The molecule has 0 radical (unpaired) electrons. The summed E-state index contributed by atoms with van der Waals surface area (Å²) in [5.41, 5.74) is 1.06. The molecule has 4 saturated carbocycles. The second-order valence-corrected chi connectivity index (χ2v) is 7.21. The molecular formula is C11H14Cl2. The Morgan fingerprint density at radius 3 is 1.54 bits per heavy atom. The highest BCUT2D eigenvalue weighted by Gasteiger charge is 2.91. The van der Waals surface area contributed by atoms with Crippen molar-refractivity contribution in [2.75, 3.05) is 0 Å². The lowest BCUT2D eigenvalue weighted by Crippen LogP contribution is -2.13. The molecule has 2 heteroatoms. The molecule has 0 aromatic heterocycles. The van der Waals surface area contributed by atoms with Crippen LogP contribution >= 0.6 is 23.2 Å². The number of hydrogen-bond acceptors (Lipinski definition) is 0. The first-order chi connectivity index (χ1) is 6.12. The van der Waals surface area contributed by atoms with Crippen LogP contribution in [0.4, 0.5) is 0 Å². The van der Waals surface area contributed by atoms with Gasteiger partial charge in [-0.05, 0) is 55.8 Å². The summed E-state index contributed by atoms with van der Waals surface area (Å²) in [5, 5.41) is 0. The van der Waals surface area contributed by atoms with Gasteiger partial charge < -0.3 is 0 Å². The van der Waals surface area contributed by atoms with Crippen LogP contribution in [-0.2, 0) is 0 Å². The van der Waals surface area contributed by atoms with Crippen molar-refractivity contribution in [1.82, 2.24) is 0 Å². The van der Waals surface area contributed by atoms with Gasteiger partial charge in [-0.25, -0.2) is 0 Å². The van der Waals surface area contributed by atoms with E-state index in [4.69, 9.17) is 23.2 Å². The maximum Gasteiger partial charge on any atom is 0.125 e. The third-order valence-corrected chi connectivity index (χ3v) is 6.06. The van der Waals surface area contributed by atoms with Crippen molar-refractivity contribution in [1.29, 1.82) is 0 Å². The maximum atomic E-state index is 6.29. The third kappa shape index (κ3) is 0.709. The first-order valence-corrected chi connectivity index (χ1v) is 6.26. The van der Waals surface area contributed by atoms with Crippen molar-refractivity contribution < 1.29 is 0 Å². The van der Waals surface area contributed by atoms with E-state index in [1.165, 1.54) is 32.1 Å². The predicted octanol–water partition coefficient (Wildman–Crippen LogP) is 3.76. The normalized spacial score (nSPS) is 49.4. The van der Waals surface area contributed by atoms with Gasteiger partial charge in [-0.1, -0.05) is 0 Å². The summed E-state index contributed by atoms with van der Waals surface area (Å²) in [5.74, 6) is 2.03. The van der Waals surface area contributed by atoms with Gasteiger partial charge in [0.15, 0.2) is 0 Å².